The second kappa shape index (κ2) is 20.2. The Labute approximate surface area is 166 Å². The molecule has 0 bridgehead atoms. The van der Waals surface area contributed by atoms with E-state index in [1.165, 1.54) is 103 Å². The van der Waals surface area contributed by atoms with Gasteiger partial charge in [0, 0.05) is 20.6 Å². The fraction of sp³-hybridized carbons (Fsp3) is 1.00. The van der Waals surface area contributed by atoms with Crippen molar-refractivity contribution in [3.63, 3.8) is 0 Å². The largest absolute Gasteiger partial charge is 1.00 e. The van der Waals surface area contributed by atoms with Crippen LogP contribution >= 0.6 is 7.26 Å². The summed E-state index contributed by atoms with van der Waals surface area (Å²) in [6, 6.07) is 0. The van der Waals surface area contributed by atoms with Crippen LogP contribution in [0.15, 0.2) is 0 Å². The molecule has 0 amide bonds. The molecule has 148 valence electrons. The van der Waals surface area contributed by atoms with E-state index in [9.17, 15) is 0 Å². The fourth-order valence-electron chi connectivity index (χ4n) is 3.46. The highest BCUT2D eigenvalue weighted by Gasteiger charge is 2.23. The Bertz CT molecular complexity index is 206. The first kappa shape index (κ1) is 27.1. The summed E-state index contributed by atoms with van der Waals surface area (Å²) in [4.78, 5) is 0. The maximum Gasteiger partial charge on any atom is 0.0589 e. The Morgan fingerprint density at radius 1 is 0.417 bits per heavy atom. The maximum atomic E-state index is 2.61. The second-order valence-corrected chi connectivity index (χ2v) is 13.1. The topological polar surface area (TPSA) is 0 Å². The molecule has 0 rings (SSSR count). The Hall–Kier alpha value is 0.910. The molecule has 0 aromatic rings. The molecule has 0 unspecified atom stereocenters. The van der Waals surface area contributed by atoms with E-state index in [0.29, 0.717) is 0 Å². The van der Waals surface area contributed by atoms with E-state index >= 15 is 0 Å². The molecule has 0 fully saturated rings. The number of halogens is 1. The smallest absolute Gasteiger partial charge is 0.0589 e. The molecule has 0 aliphatic heterocycles. The molecule has 0 heterocycles. The lowest BCUT2D eigenvalue weighted by Gasteiger charge is -2.18. The summed E-state index contributed by atoms with van der Waals surface area (Å²) >= 11 is 0. The summed E-state index contributed by atoms with van der Waals surface area (Å²) in [7, 11) is -0.575. The number of hydrogen-bond donors (Lipinski definition) is 0. The zero-order valence-electron chi connectivity index (χ0n) is 17.6. The lowest BCUT2D eigenvalue weighted by molar-refractivity contribution is -0.00000541. The van der Waals surface area contributed by atoms with Crippen molar-refractivity contribution in [1.82, 2.24) is 0 Å². The van der Waals surface area contributed by atoms with Crippen LogP contribution in [0.1, 0.15) is 117 Å². The first-order chi connectivity index (χ1) is 11.1. The molecule has 0 nitrogen and oxygen atoms in total. The SMILES string of the molecule is CCCCCCCCCC[P+](C)(C)CCCCCCCCCC.[Br-]. The van der Waals surface area contributed by atoms with E-state index in [1.807, 2.05) is 0 Å². The third kappa shape index (κ3) is 21.0. The van der Waals surface area contributed by atoms with Gasteiger partial charge in [0.25, 0.3) is 0 Å². The van der Waals surface area contributed by atoms with E-state index in [1.54, 1.807) is 12.3 Å². The average Bonchev–Trinajstić information content (AvgIpc) is 2.52. The molecule has 0 aliphatic carbocycles. The van der Waals surface area contributed by atoms with Gasteiger partial charge in [0.15, 0.2) is 0 Å². The highest BCUT2D eigenvalue weighted by atomic mass is 79.9. The summed E-state index contributed by atoms with van der Waals surface area (Å²) in [5.74, 6) is 0. The van der Waals surface area contributed by atoms with Crippen molar-refractivity contribution < 1.29 is 17.0 Å². The minimum atomic E-state index is -0.575. The Kier molecular flexibility index (Phi) is 22.9. The molecule has 0 saturated heterocycles. The lowest BCUT2D eigenvalue weighted by Crippen LogP contribution is -3.00. The van der Waals surface area contributed by atoms with Crippen molar-refractivity contribution >= 4 is 7.26 Å². The van der Waals surface area contributed by atoms with Gasteiger partial charge < -0.3 is 17.0 Å². The van der Waals surface area contributed by atoms with Crippen molar-refractivity contribution in [2.45, 2.75) is 117 Å². The molecular weight excluding hydrogens is 375 g/mol. The first-order valence-electron chi connectivity index (χ1n) is 10.9. The Balaban J connectivity index is 0. The predicted molar refractivity (Wildman–Crippen MR) is 114 cm³/mol. The van der Waals surface area contributed by atoms with Crippen LogP contribution in [-0.4, -0.2) is 25.7 Å². The molecule has 0 atom stereocenters. The fourth-order valence-corrected chi connectivity index (χ4v) is 5.84. The van der Waals surface area contributed by atoms with E-state index in [4.69, 9.17) is 0 Å². The van der Waals surface area contributed by atoms with E-state index in [-0.39, 0.29) is 17.0 Å². The van der Waals surface area contributed by atoms with Gasteiger partial charge in [-0.1, -0.05) is 90.9 Å². The van der Waals surface area contributed by atoms with E-state index < -0.39 is 7.26 Å². The molecule has 0 N–H and O–H groups in total. The normalized spacial score (nSPS) is 11.5. The van der Waals surface area contributed by atoms with Gasteiger partial charge in [-0.3, -0.25) is 0 Å². The van der Waals surface area contributed by atoms with Crippen LogP contribution in [0.3, 0.4) is 0 Å². The minimum Gasteiger partial charge on any atom is -1.00 e. The van der Waals surface area contributed by atoms with Crippen LogP contribution in [0.25, 0.3) is 0 Å². The number of hydrogen-bond acceptors (Lipinski definition) is 0. The van der Waals surface area contributed by atoms with Crippen molar-refractivity contribution in [3.05, 3.63) is 0 Å². The molecule has 24 heavy (non-hydrogen) atoms. The van der Waals surface area contributed by atoms with Crippen LogP contribution in [0.4, 0.5) is 0 Å². The monoisotopic (exact) mass is 422 g/mol. The van der Waals surface area contributed by atoms with Crippen LogP contribution < -0.4 is 17.0 Å². The second-order valence-electron chi connectivity index (χ2n) is 8.33. The summed E-state index contributed by atoms with van der Waals surface area (Å²) in [5.41, 5.74) is 0. The van der Waals surface area contributed by atoms with Gasteiger partial charge in [0.1, 0.15) is 0 Å². The van der Waals surface area contributed by atoms with Gasteiger partial charge >= 0.3 is 0 Å². The van der Waals surface area contributed by atoms with Gasteiger partial charge in [0.05, 0.1) is 12.3 Å². The van der Waals surface area contributed by atoms with Gasteiger partial charge in [-0.25, -0.2) is 0 Å². The molecule has 0 aromatic heterocycles. The summed E-state index contributed by atoms with van der Waals surface area (Å²) in [6.07, 6.45) is 26.6. The van der Waals surface area contributed by atoms with E-state index in [2.05, 4.69) is 27.2 Å². The first-order valence-corrected chi connectivity index (χ1v) is 14.0. The van der Waals surface area contributed by atoms with Crippen molar-refractivity contribution in [1.29, 1.82) is 0 Å². The summed E-state index contributed by atoms with van der Waals surface area (Å²) in [6.45, 7) is 9.82. The quantitative estimate of drug-likeness (QED) is 0.200. The van der Waals surface area contributed by atoms with Crippen molar-refractivity contribution in [2.24, 2.45) is 0 Å². The van der Waals surface area contributed by atoms with Crippen LogP contribution in [0.2, 0.25) is 0 Å². The van der Waals surface area contributed by atoms with Gasteiger partial charge in [-0.2, -0.15) is 0 Å². The van der Waals surface area contributed by atoms with Crippen LogP contribution in [0, 0.1) is 0 Å². The molecule has 0 aromatic carbocycles. The summed E-state index contributed by atoms with van der Waals surface area (Å²) < 4.78 is 0. The Morgan fingerprint density at radius 3 is 0.958 bits per heavy atom. The molecule has 0 radical (unpaired) electrons. The number of rotatable bonds is 18. The van der Waals surface area contributed by atoms with E-state index in [0.717, 1.165) is 0 Å². The van der Waals surface area contributed by atoms with Crippen molar-refractivity contribution in [3.8, 4) is 0 Å². The highest BCUT2D eigenvalue weighted by Crippen LogP contribution is 2.52. The van der Waals surface area contributed by atoms with Gasteiger partial charge in [-0.05, 0) is 25.7 Å². The molecule has 0 aliphatic rings. The van der Waals surface area contributed by atoms with Crippen LogP contribution in [-0.2, 0) is 0 Å². The van der Waals surface area contributed by atoms with Gasteiger partial charge in [-0.15, -0.1) is 0 Å². The lowest BCUT2D eigenvalue weighted by atomic mass is 10.1. The third-order valence-electron chi connectivity index (χ3n) is 5.23. The molecule has 0 spiro atoms. The third-order valence-corrected chi connectivity index (χ3v) is 8.29. The zero-order chi connectivity index (χ0) is 17.2. The molecular formula is C22H48BrP. The molecule has 2 heteroatoms. The van der Waals surface area contributed by atoms with Crippen LogP contribution in [0.5, 0.6) is 0 Å². The molecule has 0 saturated carbocycles. The predicted octanol–water partition coefficient (Wildman–Crippen LogP) is 5.55. The maximum absolute atomic E-state index is 2.61. The highest BCUT2D eigenvalue weighted by molar-refractivity contribution is 7.74. The Morgan fingerprint density at radius 2 is 0.667 bits per heavy atom. The average molecular weight is 424 g/mol. The van der Waals surface area contributed by atoms with Gasteiger partial charge in [0.2, 0.25) is 0 Å². The summed E-state index contributed by atoms with van der Waals surface area (Å²) in [5, 5.41) is 0. The van der Waals surface area contributed by atoms with Crippen molar-refractivity contribution in [2.75, 3.05) is 25.7 Å². The zero-order valence-corrected chi connectivity index (χ0v) is 20.0. The minimum absolute atomic E-state index is 0. The number of unbranched alkanes of at least 4 members (excludes halogenated alkanes) is 14. The standard InChI is InChI=1S/C22H48P.BrH/c1-5-7-9-11-13-15-17-19-21-23(3,4)22-20-18-16-14-12-10-8-6-2;/h5-22H2,1-4H3;1H/q+1;/p-1.